The van der Waals surface area contributed by atoms with Crippen LogP contribution in [-0.2, 0) is 34.0 Å². The van der Waals surface area contributed by atoms with E-state index in [4.69, 9.17) is 4.74 Å². The standard InChI is InChI=1S/C32H32N4O6S2/c37-27-10-9-24(44(40,41)36-15-17-42-18-16-36)20-26(27)30(38)35-32-29(25-3-1-2-4-28(25)43-32)31(39)34-23-7-5-21(6-8-23)19-22-11-13-33-14-12-22/h5-14,20,37H,1-4,15-19H2,(H,34,39)(H,35,38). The predicted molar refractivity (Wildman–Crippen MR) is 168 cm³/mol. The number of aromatic nitrogens is 1. The number of nitrogens with one attached hydrogen (secondary N) is 2. The van der Waals surface area contributed by atoms with Crippen molar-refractivity contribution in [2.45, 2.75) is 37.0 Å². The molecule has 1 saturated heterocycles. The highest BCUT2D eigenvalue weighted by molar-refractivity contribution is 7.89. The maximum Gasteiger partial charge on any atom is 0.260 e. The number of ether oxygens (including phenoxy) is 1. The molecular weight excluding hydrogens is 601 g/mol. The maximum atomic E-state index is 13.7. The van der Waals surface area contributed by atoms with Gasteiger partial charge in [0, 0.05) is 36.0 Å². The van der Waals surface area contributed by atoms with E-state index in [1.807, 2.05) is 36.4 Å². The molecule has 2 amide bonds. The average Bonchev–Trinajstić information content (AvgIpc) is 3.41. The van der Waals surface area contributed by atoms with Crippen molar-refractivity contribution in [2.24, 2.45) is 0 Å². The number of hydrogen-bond donors (Lipinski definition) is 3. The predicted octanol–water partition coefficient (Wildman–Crippen LogP) is 4.84. The van der Waals surface area contributed by atoms with E-state index in [1.54, 1.807) is 12.4 Å². The summed E-state index contributed by atoms with van der Waals surface area (Å²) in [5.74, 6) is -1.40. The number of benzene rings is 2. The number of amides is 2. The van der Waals surface area contributed by atoms with Crippen molar-refractivity contribution in [3.63, 3.8) is 0 Å². The number of hydrogen-bond acceptors (Lipinski definition) is 8. The third kappa shape index (κ3) is 6.39. The minimum atomic E-state index is -3.89. The molecule has 2 aromatic carbocycles. The van der Waals surface area contributed by atoms with Gasteiger partial charge in [0.1, 0.15) is 10.8 Å². The lowest BCUT2D eigenvalue weighted by Crippen LogP contribution is -2.40. The van der Waals surface area contributed by atoms with Crippen molar-refractivity contribution < 1.29 is 27.9 Å². The van der Waals surface area contributed by atoms with Gasteiger partial charge in [-0.15, -0.1) is 11.3 Å². The number of pyridine rings is 1. The molecule has 1 fully saturated rings. The normalized spacial score (nSPS) is 15.4. The van der Waals surface area contributed by atoms with Gasteiger partial charge >= 0.3 is 0 Å². The Morgan fingerprint density at radius 1 is 0.909 bits per heavy atom. The first-order valence-corrected chi connectivity index (χ1v) is 16.7. The third-order valence-corrected chi connectivity index (χ3v) is 10.9. The first-order valence-electron chi connectivity index (χ1n) is 14.5. The van der Waals surface area contributed by atoms with Crippen molar-refractivity contribution in [3.8, 4) is 5.75 Å². The first kappa shape index (κ1) is 29.9. The van der Waals surface area contributed by atoms with E-state index in [2.05, 4.69) is 15.6 Å². The zero-order chi connectivity index (χ0) is 30.7. The van der Waals surface area contributed by atoms with E-state index in [0.29, 0.717) is 22.7 Å². The second kappa shape index (κ2) is 12.9. The van der Waals surface area contributed by atoms with Gasteiger partial charge in [0.15, 0.2) is 0 Å². The molecule has 1 aliphatic carbocycles. The summed E-state index contributed by atoms with van der Waals surface area (Å²) in [7, 11) is -3.89. The van der Waals surface area contributed by atoms with Gasteiger partial charge in [-0.2, -0.15) is 4.31 Å². The summed E-state index contributed by atoms with van der Waals surface area (Å²) in [5.41, 5.74) is 3.97. The van der Waals surface area contributed by atoms with Crippen LogP contribution in [0, 0.1) is 0 Å². The van der Waals surface area contributed by atoms with Crippen LogP contribution in [0.25, 0.3) is 0 Å². The highest BCUT2D eigenvalue weighted by Crippen LogP contribution is 2.39. The van der Waals surface area contributed by atoms with Crippen LogP contribution in [0.2, 0.25) is 0 Å². The Hall–Kier alpha value is -4.10. The number of anilines is 2. The largest absolute Gasteiger partial charge is 0.507 e. The molecular formula is C32H32N4O6S2. The van der Waals surface area contributed by atoms with Crippen LogP contribution in [0.4, 0.5) is 10.7 Å². The molecule has 228 valence electrons. The number of nitrogens with zero attached hydrogens (tertiary/aromatic N) is 2. The summed E-state index contributed by atoms with van der Waals surface area (Å²) in [6, 6.07) is 15.2. The number of thiophene rings is 1. The third-order valence-electron chi connectivity index (χ3n) is 7.82. The maximum absolute atomic E-state index is 13.7. The van der Waals surface area contributed by atoms with Crippen LogP contribution in [0.5, 0.6) is 5.75 Å². The molecule has 0 atom stereocenters. The molecule has 2 aliphatic rings. The van der Waals surface area contributed by atoms with E-state index >= 15 is 0 Å². The molecule has 0 saturated carbocycles. The zero-order valence-corrected chi connectivity index (χ0v) is 25.5. The molecule has 3 heterocycles. The van der Waals surface area contributed by atoms with Gasteiger partial charge in [0.05, 0.1) is 29.2 Å². The first-order chi connectivity index (χ1) is 21.3. The molecule has 0 unspecified atom stereocenters. The molecule has 6 rings (SSSR count). The van der Waals surface area contributed by atoms with Crippen LogP contribution >= 0.6 is 11.3 Å². The van der Waals surface area contributed by atoms with Crippen molar-refractivity contribution in [3.05, 3.63) is 99.7 Å². The smallest absolute Gasteiger partial charge is 0.260 e. The Morgan fingerprint density at radius 2 is 1.61 bits per heavy atom. The Kier molecular flexibility index (Phi) is 8.76. The fourth-order valence-corrected chi connectivity index (χ4v) is 8.21. The van der Waals surface area contributed by atoms with E-state index in [9.17, 15) is 23.1 Å². The molecule has 3 N–H and O–H groups in total. The summed E-state index contributed by atoms with van der Waals surface area (Å²) in [5, 5.41) is 16.7. The quantitative estimate of drug-likeness (QED) is 0.253. The van der Waals surface area contributed by atoms with Gasteiger partial charge in [-0.05, 0) is 91.3 Å². The van der Waals surface area contributed by atoms with Crippen LogP contribution in [-0.4, -0.2) is 60.9 Å². The monoisotopic (exact) mass is 632 g/mol. The molecule has 10 nitrogen and oxygen atoms in total. The molecule has 44 heavy (non-hydrogen) atoms. The van der Waals surface area contributed by atoms with E-state index in [1.165, 1.54) is 33.8 Å². The number of phenolic OH excluding ortho intramolecular Hbond substituents is 1. The van der Waals surface area contributed by atoms with Crippen LogP contribution in [0.3, 0.4) is 0 Å². The minimum Gasteiger partial charge on any atom is -0.507 e. The number of sulfonamides is 1. The van der Waals surface area contributed by atoms with Gasteiger partial charge in [0.25, 0.3) is 11.8 Å². The molecule has 0 spiro atoms. The summed E-state index contributed by atoms with van der Waals surface area (Å²) < 4.78 is 33.0. The second-order valence-electron chi connectivity index (χ2n) is 10.7. The molecule has 0 bridgehead atoms. The van der Waals surface area contributed by atoms with E-state index in [0.717, 1.165) is 47.3 Å². The lowest BCUT2D eigenvalue weighted by atomic mass is 9.95. The molecule has 4 aromatic rings. The summed E-state index contributed by atoms with van der Waals surface area (Å²) in [6.45, 7) is 0.984. The summed E-state index contributed by atoms with van der Waals surface area (Å²) >= 11 is 1.35. The number of carbonyl (C=O) groups excluding carboxylic acids is 2. The summed E-state index contributed by atoms with van der Waals surface area (Å²) in [6.07, 6.45) is 7.70. The number of phenols is 1. The van der Waals surface area contributed by atoms with E-state index < -0.39 is 15.9 Å². The zero-order valence-electron chi connectivity index (χ0n) is 23.9. The van der Waals surface area contributed by atoms with E-state index in [-0.39, 0.29) is 48.4 Å². The SMILES string of the molecule is O=C(Nc1sc2c(c1C(=O)Nc1ccc(Cc3ccncc3)cc1)CCCC2)c1cc(S(=O)(=O)N2CCOCC2)ccc1O. The van der Waals surface area contributed by atoms with Gasteiger partial charge in [-0.3, -0.25) is 14.6 Å². The van der Waals surface area contributed by atoms with Crippen molar-refractivity contribution in [1.82, 2.24) is 9.29 Å². The fraction of sp³-hybridized carbons (Fsp3) is 0.281. The minimum absolute atomic E-state index is 0.0989. The van der Waals surface area contributed by atoms with Gasteiger partial charge in [0.2, 0.25) is 10.0 Å². The highest BCUT2D eigenvalue weighted by Gasteiger charge is 2.30. The summed E-state index contributed by atoms with van der Waals surface area (Å²) in [4.78, 5) is 32.2. The molecule has 2 aromatic heterocycles. The topological polar surface area (TPSA) is 138 Å². The lowest BCUT2D eigenvalue weighted by molar-refractivity contribution is 0.0730. The lowest BCUT2D eigenvalue weighted by Gasteiger charge is -2.26. The van der Waals surface area contributed by atoms with Crippen molar-refractivity contribution in [1.29, 1.82) is 0 Å². The van der Waals surface area contributed by atoms with Crippen LogP contribution < -0.4 is 10.6 Å². The van der Waals surface area contributed by atoms with Crippen LogP contribution in [0.15, 0.2) is 71.9 Å². The average molecular weight is 633 g/mol. The van der Waals surface area contributed by atoms with Gasteiger partial charge < -0.3 is 20.5 Å². The highest BCUT2D eigenvalue weighted by atomic mass is 32.2. The number of fused-ring (bicyclic) bond motifs is 1. The Labute approximate surface area is 259 Å². The molecule has 0 radical (unpaired) electrons. The number of aryl methyl sites for hydroxylation is 1. The van der Waals surface area contributed by atoms with Crippen molar-refractivity contribution in [2.75, 3.05) is 36.9 Å². The van der Waals surface area contributed by atoms with Crippen molar-refractivity contribution >= 4 is 43.9 Å². The van der Waals surface area contributed by atoms with Crippen LogP contribution in [0.1, 0.15) is 55.1 Å². The van der Waals surface area contributed by atoms with Gasteiger partial charge in [-0.25, -0.2) is 8.42 Å². The Bertz CT molecular complexity index is 1780. The Balaban J connectivity index is 1.23. The number of carbonyl (C=O) groups is 2. The molecule has 12 heteroatoms. The number of morpholine rings is 1. The Morgan fingerprint density at radius 3 is 2.36 bits per heavy atom. The van der Waals surface area contributed by atoms with Gasteiger partial charge in [-0.1, -0.05) is 12.1 Å². The molecule has 1 aliphatic heterocycles. The number of aromatic hydroxyl groups is 1. The number of rotatable bonds is 8. The fourth-order valence-electron chi connectivity index (χ4n) is 5.49. The second-order valence-corrected chi connectivity index (χ2v) is 13.8.